The number of nitriles is 2. The van der Waals surface area contributed by atoms with Crippen LogP contribution in [0.5, 0.6) is 69.0 Å². The van der Waals surface area contributed by atoms with E-state index in [1.165, 1.54) is 12.1 Å². The molecule has 4 aromatic carbocycles. The Balaban J connectivity index is 0.000000118. The molecule has 6 aromatic rings. The molecule has 0 saturated carbocycles. The molecule has 0 atom stereocenters. The van der Waals surface area contributed by atoms with Gasteiger partial charge in [-0.15, -0.1) is 20.4 Å². The van der Waals surface area contributed by atoms with E-state index in [2.05, 4.69) is 47.3 Å². The average Bonchev–Trinajstić information content (AvgIpc) is 4.20. The van der Waals surface area contributed by atoms with Crippen LogP contribution in [-0.4, -0.2) is 102 Å². The van der Waals surface area contributed by atoms with E-state index in [4.69, 9.17) is 48.4 Å². The molecule has 6 aliphatic rings. The van der Waals surface area contributed by atoms with Crippen LogP contribution >= 0.6 is 0 Å². The lowest BCUT2D eigenvalue weighted by atomic mass is 10.1. The van der Waals surface area contributed by atoms with Crippen LogP contribution in [0.3, 0.4) is 0 Å². The molecule has 0 bridgehead atoms. The maximum atomic E-state index is 9.61. The number of rotatable bonds is 2. The number of hydrogen-bond acceptors (Lipinski definition) is 20. The number of benzene rings is 4. The van der Waals surface area contributed by atoms with Gasteiger partial charge >= 0.3 is 0 Å². The molecule has 0 unspecified atom stereocenters. The van der Waals surface area contributed by atoms with E-state index in [1.54, 1.807) is 30.4 Å². The molecule has 6 N–H and O–H groups in total. The number of tetrazole rings is 2. The normalized spacial score (nSPS) is 14.6. The van der Waals surface area contributed by atoms with Gasteiger partial charge in [0.05, 0.1) is 23.3 Å². The van der Waals surface area contributed by atoms with Gasteiger partial charge in [-0.2, -0.15) is 21.0 Å². The third-order valence-corrected chi connectivity index (χ3v) is 9.69. The largest absolute Gasteiger partial charge is 0.504 e. The fraction of sp³-hybridized carbons (Fsp3) is 0.163. The van der Waals surface area contributed by atoms with Crippen molar-refractivity contribution >= 4 is 35.5 Å². The van der Waals surface area contributed by atoms with Crippen LogP contribution < -0.4 is 37.9 Å². The molecule has 22 nitrogen and oxygen atoms in total. The number of aromatic amines is 2. The minimum atomic E-state index is -0.282. The van der Waals surface area contributed by atoms with Crippen molar-refractivity contribution < 1.29 is 58.3 Å². The SMILES string of the molecule is C.C1=C(c2nn[nH]n2)COc2c1ccc1c2OCO1.N#CC1=Cc2ccc(O)c(O)c2OC1.N#CC1=Cc2ccc3c(c2OC1)OCO3.Oc1ccc2c(c1O)OCC(c1nn[nH]n1)=C2. The number of nitrogens with zero attached hydrogens (tertiary/aromatic N) is 8. The number of phenolic OH excluding ortho intramolecular Hbond substituents is 4. The molecule has 0 saturated heterocycles. The monoisotopic (exact) mass is 882 g/mol. The van der Waals surface area contributed by atoms with Gasteiger partial charge in [0.15, 0.2) is 46.0 Å². The van der Waals surface area contributed by atoms with Gasteiger partial charge in [0.1, 0.15) is 26.4 Å². The highest BCUT2D eigenvalue weighted by molar-refractivity contribution is 5.86. The maximum Gasteiger partial charge on any atom is 0.231 e. The van der Waals surface area contributed by atoms with Crippen LogP contribution in [0.2, 0.25) is 0 Å². The standard InChI is InChI=1S/C11H8N4O3.C11H7NO3.C10H8N4O3.C10H7NO3.CH4/c1-2-8-10(18-5-17-8)9-6(1)3-7(4-16-9)11-12-14-15-13-11;12-4-7-3-8-1-2-9-11(15-6-14-9)10(8)13-5-7;15-7-2-1-5-3-6(10-11-13-14-12-10)4-17-9(5)8(7)16;11-4-6-3-7-1-2-8(12)9(13)10(7)14-5-6;/h1-3H,4-5H2,(H,12,13,14,15);1-3H,5-6H2;1-3,15-16H,4H2,(H,11,12,13,14);1-3,12-13H,5H2;1H4. The Hall–Kier alpha value is -9.44. The summed E-state index contributed by atoms with van der Waals surface area (Å²) in [7, 11) is 0. The Labute approximate surface area is 367 Å². The van der Waals surface area contributed by atoms with Crippen molar-refractivity contribution in [2.24, 2.45) is 0 Å². The van der Waals surface area contributed by atoms with Crippen LogP contribution in [0.15, 0.2) is 59.7 Å². The third kappa shape index (κ3) is 8.58. The minimum Gasteiger partial charge on any atom is -0.504 e. The molecule has 65 heavy (non-hydrogen) atoms. The van der Waals surface area contributed by atoms with Crippen molar-refractivity contribution in [3.05, 3.63) is 93.6 Å². The number of fused-ring (bicyclic) bond motifs is 8. The van der Waals surface area contributed by atoms with Crippen molar-refractivity contribution in [3.63, 3.8) is 0 Å². The van der Waals surface area contributed by atoms with Gasteiger partial charge in [-0.3, -0.25) is 0 Å². The first-order valence-corrected chi connectivity index (χ1v) is 18.8. The van der Waals surface area contributed by atoms with Crippen LogP contribution in [0.4, 0.5) is 0 Å². The summed E-state index contributed by atoms with van der Waals surface area (Å²) in [5.41, 5.74) is 5.76. The zero-order chi connectivity index (χ0) is 44.2. The highest BCUT2D eigenvalue weighted by Gasteiger charge is 2.27. The summed E-state index contributed by atoms with van der Waals surface area (Å²) in [6, 6.07) is 17.5. The number of H-pyrrole nitrogens is 2. The molecule has 6 aliphatic heterocycles. The average molecular weight is 883 g/mol. The number of ether oxygens (including phenoxy) is 8. The van der Waals surface area contributed by atoms with Crippen LogP contribution in [0.25, 0.3) is 35.5 Å². The van der Waals surface area contributed by atoms with E-state index in [9.17, 15) is 20.4 Å². The highest BCUT2D eigenvalue weighted by Crippen LogP contribution is 2.47. The third-order valence-electron chi connectivity index (χ3n) is 9.69. The van der Waals surface area contributed by atoms with Gasteiger partial charge in [-0.05, 0) is 83.3 Å². The van der Waals surface area contributed by atoms with Gasteiger partial charge in [-0.1, -0.05) is 7.43 Å². The van der Waals surface area contributed by atoms with Crippen molar-refractivity contribution in [1.82, 2.24) is 41.2 Å². The fourth-order valence-electron chi connectivity index (χ4n) is 6.63. The Morgan fingerprint density at radius 1 is 0.462 bits per heavy atom. The van der Waals surface area contributed by atoms with Crippen molar-refractivity contribution in [2.45, 2.75) is 7.43 Å². The lowest BCUT2D eigenvalue weighted by molar-refractivity contribution is 0.170. The number of aromatic hydroxyl groups is 4. The molecule has 0 amide bonds. The molecule has 8 heterocycles. The van der Waals surface area contributed by atoms with Crippen LogP contribution in [0, 0.1) is 22.7 Å². The first-order valence-electron chi connectivity index (χ1n) is 18.8. The molecule has 0 spiro atoms. The predicted octanol–water partition coefficient (Wildman–Crippen LogP) is 5.15. The topological polar surface area (TPSA) is 311 Å². The molecular weight excluding hydrogens is 849 g/mol. The number of hydrogen-bond donors (Lipinski definition) is 6. The zero-order valence-electron chi connectivity index (χ0n) is 32.8. The molecule has 0 aliphatic carbocycles. The lowest BCUT2D eigenvalue weighted by Crippen LogP contribution is -2.08. The first kappa shape index (κ1) is 42.3. The molecular formula is C43H34N10O12. The van der Waals surface area contributed by atoms with E-state index in [-0.39, 0.29) is 68.7 Å². The number of phenols is 4. The van der Waals surface area contributed by atoms with E-state index in [1.807, 2.05) is 36.4 Å². The smallest absolute Gasteiger partial charge is 0.231 e. The number of nitrogens with one attached hydrogen (secondary N) is 2. The van der Waals surface area contributed by atoms with E-state index >= 15 is 0 Å². The van der Waals surface area contributed by atoms with Crippen molar-refractivity contribution in [3.8, 4) is 81.1 Å². The molecule has 0 radical (unpaired) electrons. The summed E-state index contributed by atoms with van der Waals surface area (Å²) in [6.45, 7) is 1.47. The van der Waals surface area contributed by atoms with E-state index < -0.39 is 0 Å². The maximum absolute atomic E-state index is 9.61. The quantitative estimate of drug-likeness (QED) is 0.122. The molecule has 22 heteroatoms. The Morgan fingerprint density at radius 3 is 1.32 bits per heavy atom. The fourth-order valence-corrected chi connectivity index (χ4v) is 6.63. The van der Waals surface area contributed by atoms with Crippen molar-refractivity contribution in [2.75, 3.05) is 40.0 Å². The summed E-state index contributed by atoms with van der Waals surface area (Å²) >= 11 is 0. The Morgan fingerprint density at radius 2 is 0.862 bits per heavy atom. The van der Waals surface area contributed by atoms with E-state index in [0.717, 1.165) is 22.3 Å². The van der Waals surface area contributed by atoms with Gasteiger partial charge in [0.25, 0.3) is 0 Å². The molecule has 2 aromatic heterocycles. The van der Waals surface area contributed by atoms with Crippen LogP contribution in [-0.2, 0) is 0 Å². The number of aromatic nitrogens is 8. The summed E-state index contributed by atoms with van der Waals surface area (Å²) < 4.78 is 42.9. The Kier molecular flexibility index (Phi) is 11.9. The van der Waals surface area contributed by atoms with E-state index in [0.29, 0.717) is 81.6 Å². The predicted molar refractivity (Wildman–Crippen MR) is 225 cm³/mol. The lowest BCUT2D eigenvalue weighted by Gasteiger charge is -2.17. The van der Waals surface area contributed by atoms with Gasteiger partial charge in [-0.25, -0.2) is 0 Å². The minimum absolute atomic E-state index is 0. The summed E-state index contributed by atoms with van der Waals surface area (Å²) in [5, 5.41) is 82.3. The van der Waals surface area contributed by atoms with Crippen molar-refractivity contribution in [1.29, 1.82) is 10.5 Å². The second-order valence-electron chi connectivity index (χ2n) is 13.7. The summed E-state index contributed by atoms with van der Waals surface area (Å²) in [5.74, 6) is 4.59. The summed E-state index contributed by atoms with van der Waals surface area (Å²) in [6.07, 6.45) is 7.17. The second kappa shape index (κ2) is 18.3. The molecule has 12 rings (SSSR count). The summed E-state index contributed by atoms with van der Waals surface area (Å²) in [4.78, 5) is 0. The second-order valence-corrected chi connectivity index (χ2v) is 13.7. The molecule has 328 valence electrons. The highest BCUT2D eigenvalue weighted by atomic mass is 16.7. The van der Waals surface area contributed by atoms with Crippen LogP contribution in [0.1, 0.15) is 41.3 Å². The van der Waals surface area contributed by atoms with Gasteiger partial charge in [0.2, 0.25) is 48.2 Å². The Bertz CT molecular complexity index is 2990. The van der Waals surface area contributed by atoms with Gasteiger partial charge in [0, 0.05) is 33.4 Å². The zero-order valence-corrected chi connectivity index (χ0v) is 32.8. The molecule has 0 fully saturated rings. The van der Waals surface area contributed by atoms with Gasteiger partial charge < -0.3 is 58.3 Å². The first-order chi connectivity index (χ1) is 31.3.